The molecule has 3 N–H and O–H groups in total. The molecule has 0 aliphatic rings. The molecule has 0 atom stereocenters. The number of nitrogens with two attached hydrogens (primary N) is 1. The second-order valence-corrected chi connectivity index (χ2v) is 7.85. The number of aryl methyl sites for hydroxylation is 1. The van der Waals surface area contributed by atoms with Crippen molar-refractivity contribution in [2.45, 2.75) is 23.9 Å². The van der Waals surface area contributed by atoms with Crippen LogP contribution in [-0.4, -0.2) is 14.3 Å². The zero-order valence-electron chi connectivity index (χ0n) is 13.2. The Bertz CT molecular complexity index is 913. The van der Waals surface area contributed by atoms with E-state index >= 15 is 0 Å². The van der Waals surface area contributed by atoms with Crippen LogP contribution in [0.2, 0.25) is 0 Å². The summed E-state index contributed by atoms with van der Waals surface area (Å²) >= 11 is 2.83. The topological polar surface area (TPSA) is 89.3 Å². The van der Waals surface area contributed by atoms with Crippen molar-refractivity contribution in [2.24, 2.45) is 5.14 Å². The standard InChI is InChI=1S/C16H14BrF3N2O3S/c17-14-7-4-11(9-13(14)16(18,19)20)22-15(23)8-3-10-1-5-12(6-2-10)26(21,24)25/h1-2,4-7,9H,3,8H2,(H,22,23)(H2,21,24,25). The molecule has 0 aliphatic carbocycles. The molecule has 0 aromatic heterocycles. The molecule has 10 heteroatoms. The number of rotatable bonds is 5. The van der Waals surface area contributed by atoms with Gasteiger partial charge >= 0.3 is 6.18 Å². The van der Waals surface area contributed by atoms with Crippen LogP contribution in [0.1, 0.15) is 17.5 Å². The van der Waals surface area contributed by atoms with Crippen molar-refractivity contribution in [2.75, 3.05) is 5.32 Å². The minimum atomic E-state index is -4.54. The number of benzene rings is 2. The number of anilines is 1. The number of nitrogens with one attached hydrogen (secondary N) is 1. The fraction of sp³-hybridized carbons (Fsp3) is 0.188. The van der Waals surface area contributed by atoms with E-state index in [1.54, 1.807) is 0 Å². The van der Waals surface area contributed by atoms with Crippen molar-refractivity contribution < 1.29 is 26.4 Å². The van der Waals surface area contributed by atoms with E-state index in [-0.39, 0.29) is 21.5 Å². The molecule has 0 aliphatic heterocycles. The maximum Gasteiger partial charge on any atom is 0.417 e. The van der Waals surface area contributed by atoms with Crippen LogP contribution in [0.25, 0.3) is 0 Å². The molecule has 0 fully saturated rings. The van der Waals surface area contributed by atoms with Crippen LogP contribution in [0, 0.1) is 0 Å². The molecule has 0 unspecified atom stereocenters. The Balaban J connectivity index is 1.99. The first kappa shape index (κ1) is 20.4. The number of amides is 1. The summed E-state index contributed by atoms with van der Waals surface area (Å²) in [7, 11) is -3.79. The van der Waals surface area contributed by atoms with Crippen LogP contribution >= 0.6 is 15.9 Å². The minimum Gasteiger partial charge on any atom is -0.326 e. The molecule has 26 heavy (non-hydrogen) atoms. The van der Waals surface area contributed by atoms with Gasteiger partial charge in [-0.2, -0.15) is 13.2 Å². The van der Waals surface area contributed by atoms with Crippen LogP contribution in [0.3, 0.4) is 0 Å². The van der Waals surface area contributed by atoms with Gasteiger partial charge in [-0.25, -0.2) is 13.6 Å². The highest BCUT2D eigenvalue weighted by Crippen LogP contribution is 2.36. The Labute approximate surface area is 156 Å². The van der Waals surface area contributed by atoms with Gasteiger partial charge in [0, 0.05) is 16.6 Å². The molecule has 2 rings (SSSR count). The third-order valence-electron chi connectivity index (χ3n) is 3.45. The summed E-state index contributed by atoms with van der Waals surface area (Å²) in [6.45, 7) is 0. The van der Waals surface area contributed by atoms with E-state index in [1.165, 1.54) is 36.4 Å². The highest BCUT2D eigenvalue weighted by atomic mass is 79.9. The van der Waals surface area contributed by atoms with E-state index in [2.05, 4.69) is 21.2 Å². The van der Waals surface area contributed by atoms with Gasteiger partial charge in [-0.05, 0) is 42.3 Å². The van der Waals surface area contributed by atoms with Gasteiger partial charge in [0.15, 0.2) is 0 Å². The minimum absolute atomic E-state index is 0.0200. The quantitative estimate of drug-likeness (QED) is 0.727. The molecule has 0 saturated carbocycles. The van der Waals surface area contributed by atoms with Crippen molar-refractivity contribution in [3.05, 3.63) is 58.1 Å². The van der Waals surface area contributed by atoms with Gasteiger partial charge in [0.05, 0.1) is 10.5 Å². The van der Waals surface area contributed by atoms with Crippen LogP contribution in [0.4, 0.5) is 18.9 Å². The van der Waals surface area contributed by atoms with E-state index in [0.29, 0.717) is 12.0 Å². The van der Waals surface area contributed by atoms with Crippen LogP contribution in [0.5, 0.6) is 0 Å². The Kier molecular flexibility index (Phi) is 6.09. The summed E-state index contributed by atoms with van der Waals surface area (Å²) in [5.74, 6) is -0.462. The van der Waals surface area contributed by atoms with Crippen molar-refractivity contribution in [1.29, 1.82) is 0 Å². The molecule has 2 aromatic rings. The van der Waals surface area contributed by atoms with Crippen LogP contribution in [0.15, 0.2) is 51.8 Å². The molecule has 0 saturated heterocycles. The number of sulfonamides is 1. The summed E-state index contributed by atoms with van der Waals surface area (Å²) in [5, 5.41) is 7.40. The number of carbonyl (C=O) groups is 1. The maximum atomic E-state index is 12.9. The molecule has 0 heterocycles. The lowest BCUT2D eigenvalue weighted by molar-refractivity contribution is -0.138. The van der Waals surface area contributed by atoms with Crippen LogP contribution < -0.4 is 10.5 Å². The summed E-state index contributed by atoms with van der Waals surface area (Å²) in [5.41, 5.74) is -0.150. The molecule has 2 aromatic carbocycles. The molecule has 0 radical (unpaired) electrons. The lowest BCUT2D eigenvalue weighted by Gasteiger charge is -2.12. The van der Waals surface area contributed by atoms with Gasteiger partial charge in [0.1, 0.15) is 0 Å². The zero-order chi connectivity index (χ0) is 19.5. The van der Waals surface area contributed by atoms with E-state index in [0.717, 1.165) is 6.07 Å². The van der Waals surface area contributed by atoms with Crippen molar-refractivity contribution >= 4 is 37.5 Å². The third-order valence-corrected chi connectivity index (χ3v) is 5.07. The van der Waals surface area contributed by atoms with Gasteiger partial charge in [-0.15, -0.1) is 0 Å². The normalized spacial score (nSPS) is 12.0. The van der Waals surface area contributed by atoms with Gasteiger partial charge in [0.25, 0.3) is 0 Å². The monoisotopic (exact) mass is 450 g/mol. The summed E-state index contributed by atoms with van der Waals surface area (Å²) in [6.07, 6.45) is -4.23. The molecule has 5 nitrogen and oxygen atoms in total. The van der Waals surface area contributed by atoms with E-state index in [9.17, 15) is 26.4 Å². The Hall–Kier alpha value is -1.91. The molecule has 0 bridgehead atoms. The van der Waals surface area contributed by atoms with Crippen LogP contribution in [-0.2, 0) is 27.4 Å². The van der Waals surface area contributed by atoms with Gasteiger partial charge in [-0.1, -0.05) is 28.1 Å². The third kappa shape index (κ3) is 5.55. The summed E-state index contributed by atoms with van der Waals surface area (Å²) < 4.78 is 60.8. The molecular weight excluding hydrogens is 437 g/mol. The Morgan fingerprint density at radius 1 is 1.12 bits per heavy atom. The maximum absolute atomic E-state index is 12.9. The zero-order valence-corrected chi connectivity index (χ0v) is 15.6. The number of hydrogen-bond acceptors (Lipinski definition) is 3. The lowest BCUT2D eigenvalue weighted by Crippen LogP contribution is -2.14. The largest absolute Gasteiger partial charge is 0.417 e. The molecule has 140 valence electrons. The van der Waals surface area contributed by atoms with E-state index in [4.69, 9.17) is 5.14 Å². The first-order valence-corrected chi connectivity index (χ1v) is 9.59. The van der Waals surface area contributed by atoms with E-state index in [1.807, 2.05) is 0 Å². The fourth-order valence-electron chi connectivity index (χ4n) is 2.15. The average Bonchev–Trinajstić information content (AvgIpc) is 2.53. The van der Waals surface area contributed by atoms with Gasteiger partial charge in [-0.3, -0.25) is 4.79 Å². The van der Waals surface area contributed by atoms with Crippen molar-refractivity contribution in [3.8, 4) is 0 Å². The molecule has 0 spiro atoms. The highest BCUT2D eigenvalue weighted by molar-refractivity contribution is 9.10. The SMILES string of the molecule is NS(=O)(=O)c1ccc(CCC(=O)Nc2ccc(Br)c(C(F)(F)F)c2)cc1. The Morgan fingerprint density at radius 2 is 1.73 bits per heavy atom. The molecule has 1 amide bonds. The second kappa shape index (κ2) is 7.77. The van der Waals surface area contributed by atoms with Gasteiger partial charge < -0.3 is 5.32 Å². The number of hydrogen-bond donors (Lipinski definition) is 2. The second-order valence-electron chi connectivity index (χ2n) is 5.43. The number of halogens is 4. The van der Waals surface area contributed by atoms with Gasteiger partial charge in [0.2, 0.25) is 15.9 Å². The number of carbonyl (C=O) groups excluding carboxylic acids is 1. The number of alkyl halides is 3. The predicted octanol–water partition coefficient (Wildman–Crippen LogP) is 3.69. The average molecular weight is 451 g/mol. The van der Waals surface area contributed by atoms with E-state index < -0.39 is 27.7 Å². The first-order chi connectivity index (χ1) is 12.0. The fourth-order valence-corrected chi connectivity index (χ4v) is 3.13. The highest BCUT2D eigenvalue weighted by Gasteiger charge is 2.33. The van der Waals surface area contributed by atoms with Crippen molar-refractivity contribution in [1.82, 2.24) is 0 Å². The smallest absolute Gasteiger partial charge is 0.326 e. The van der Waals surface area contributed by atoms with Crippen molar-refractivity contribution in [3.63, 3.8) is 0 Å². The molecular formula is C16H14BrF3N2O3S. The summed E-state index contributed by atoms with van der Waals surface area (Å²) in [4.78, 5) is 11.9. The summed E-state index contributed by atoms with van der Waals surface area (Å²) in [6, 6.07) is 9.12. The Morgan fingerprint density at radius 3 is 2.27 bits per heavy atom. The first-order valence-electron chi connectivity index (χ1n) is 7.25. The number of primary sulfonamides is 1. The predicted molar refractivity (Wildman–Crippen MR) is 93.9 cm³/mol. The lowest BCUT2D eigenvalue weighted by atomic mass is 10.1.